The molecule has 90 valence electrons. The molecule has 0 fully saturated rings. The standard InChI is InChI=1S/C12H9N3O2S/c13-5-8-2-1-3-9(4-8)7-15-10(11(16)17)6-14-12(15)18/h1-4,6H,7H2,(H,14,18)(H,16,17). The summed E-state index contributed by atoms with van der Waals surface area (Å²) in [5.41, 5.74) is 1.46. The molecule has 0 aliphatic rings. The number of nitriles is 1. The van der Waals surface area contributed by atoms with Gasteiger partial charge in [-0.2, -0.15) is 5.26 Å². The summed E-state index contributed by atoms with van der Waals surface area (Å²) in [6, 6.07) is 9.02. The van der Waals surface area contributed by atoms with Gasteiger partial charge in [0, 0.05) is 6.20 Å². The number of aromatic nitrogens is 2. The first-order chi connectivity index (χ1) is 8.61. The molecule has 0 bridgehead atoms. The van der Waals surface area contributed by atoms with Crippen molar-refractivity contribution in [3.05, 3.63) is 52.1 Å². The van der Waals surface area contributed by atoms with Gasteiger partial charge in [0.05, 0.1) is 18.2 Å². The van der Waals surface area contributed by atoms with E-state index in [-0.39, 0.29) is 5.69 Å². The Morgan fingerprint density at radius 3 is 3.00 bits per heavy atom. The molecule has 2 N–H and O–H groups in total. The number of carboxylic acids is 1. The molecule has 0 saturated heterocycles. The fourth-order valence-corrected chi connectivity index (χ4v) is 1.87. The number of aromatic carboxylic acids is 1. The predicted octanol–water partition coefficient (Wildman–Crippen LogP) is 2.16. The molecule has 18 heavy (non-hydrogen) atoms. The summed E-state index contributed by atoms with van der Waals surface area (Å²) in [4.78, 5) is 13.7. The highest BCUT2D eigenvalue weighted by Gasteiger charge is 2.11. The summed E-state index contributed by atoms with van der Waals surface area (Å²) >= 11 is 5.03. The Balaban J connectivity index is 2.40. The van der Waals surface area contributed by atoms with E-state index in [9.17, 15) is 4.79 Å². The molecule has 1 heterocycles. The van der Waals surface area contributed by atoms with E-state index in [0.717, 1.165) is 5.56 Å². The molecule has 0 amide bonds. The second-order valence-corrected chi connectivity index (χ2v) is 4.07. The zero-order chi connectivity index (χ0) is 13.1. The first-order valence-electron chi connectivity index (χ1n) is 5.12. The second-order valence-electron chi connectivity index (χ2n) is 3.68. The van der Waals surface area contributed by atoms with Gasteiger partial charge in [0.15, 0.2) is 4.77 Å². The number of imidazole rings is 1. The van der Waals surface area contributed by atoms with Crippen molar-refractivity contribution in [2.45, 2.75) is 6.54 Å². The molecule has 0 aliphatic heterocycles. The summed E-state index contributed by atoms with van der Waals surface area (Å²) < 4.78 is 1.82. The largest absolute Gasteiger partial charge is 0.477 e. The van der Waals surface area contributed by atoms with E-state index >= 15 is 0 Å². The Hall–Kier alpha value is -2.39. The van der Waals surface area contributed by atoms with Crippen LogP contribution in [-0.2, 0) is 6.54 Å². The van der Waals surface area contributed by atoms with Crippen molar-refractivity contribution >= 4 is 18.2 Å². The molecule has 2 aromatic rings. The third-order valence-electron chi connectivity index (χ3n) is 2.48. The first-order valence-corrected chi connectivity index (χ1v) is 5.53. The van der Waals surface area contributed by atoms with Crippen LogP contribution in [0.15, 0.2) is 30.5 Å². The zero-order valence-corrected chi connectivity index (χ0v) is 10.1. The molecule has 0 spiro atoms. The molecule has 1 aromatic carbocycles. The maximum atomic E-state index is 11.0. The molecule has 0 saturated carbocycles. The van der Waals surface area contributed by atoms with Gasteiger partial charge in [0.1, 0.15) is 5.69 Å². The van der Waals surface area contributed by atoms with Crippen molar-refractivity contribution < 1.29 is 9.90 Å². The van der Waals surface area contributed by atoms with E-state index in [4.69, 9.17) is 22.6 Å². The number of nitrogens with zero attached hydrogens (tertiary/aromatic N) is 2. The number of rotatable bonds is 3. The van der Waals surface area contributed by atoms with Gasteiger partial charge in [-0.15, -0.1) is 0 Å². The minimum Gasteiger partial charge on any atom is -0.477 e. The monoisotopic (exact) mass is 259 g/mol. The van der Waals surface area contributed by atoms with E-state index in [0.29, 0.717) is 16.9 Å². The van der Waals surface area contributed by atoms with Crippen molar-refractivity contribution in [1.29, 1.82) is 5.26 Å². The van der Waals surface area contributed by atoms with Crippen molar-refractivity contribution in [2.24, 2.45) is 0 Å². The number of hydrogen-bond acceptors (Lipinski definition) is 3. The lowest BCUT2D eigenvalue weighted by Crippen LogP contribution is -2.09. The SMILES string of the molecule is N#Cc1cccc(Cn2c(C(=O)O)c[nH]c2=S)c1. The van der Waals surface area contributed by atoms with Gasteiger partial charge < -0.3 is 14.7 Å². The molecule has 0 unspecified atom stereocenters. The number of aromatic amines is 1. The quantitative estimate of drug-likeness (QED) is 0.827. The predicted molar refractivity (Wildman–Crippen MR) is 66.8 cm³/mol. The molecule has 0 radical (unpaired) electrons. The molecular weight excluding hydrogens is 250 g/mol. The average Bonchev–Trinajstić information content (AvgIpc) is 2.71. The summed E-state index contributed by atoms with van der Waals surface area (Å²) in [6.07, 6.45) is 1.36. The topological polar surface area (TPSA) is 81.8 Å². The average molecular weight is 259 g/mol. The highest BCUT2D eigenvalue weighted by Crippen LogP contribution is 2.10. The Labute approximate surface area is 108 Å². The molecular formula is C12H9N3O2S. The van der Waals surface area contributed by atoms with Gasteiger partial charge in [0.25, 0.3) is 0 Å². The van der Waals surface area contributed by atoms with Crippen LogP contribution in [0.4, 0.5) is 0 Å². The van der Waals surface area contributed by atoms with Crippen molar-refractivity contribution in [3.63, 3.8) is 0 Å². The van der Waals surface area contributed by atoms with E-state index in [1.165, 1.54) is 10.8 Å². The molecule has 5 nitrogen and oxygen atoms in total. The van der Waals surface area contributed by atoms with Gasteiger partial charge in [0.2, 0.25) is 0 Å². The van der Waals surface area contributed by atoms with Crippen molar-refractivity contribution in [3.8, 4) is 6.07 Å². The van der Waals surface area contributed by atoms with Gasteiger partial charge in [-0.05, 0) is 29.9 Å². The van der Waals surface area contributed by atoms with Gasteiger partial charge >= 0.3 is 5.97 Å². The molecule has 2 rings (SSSR count). The van der Waals surface area contributed by atoms with Gasteiger partial charge in [-0.1, -0.05) is 12.1 Å². The van der Waals surface area contributed by atoms with Crippen molar-refractivity contribution in [1.82, 2.24) is 9.55 Å². The van der Waals surface area contributed by atoms with Crippen molar-refractivity contribution in [2.75, 3.05) is 0 Å². The minimum atomic E-state index is -1.04. The van der Waals surface area contributed by atoms with Crippen LogP contribution in [0.2, 0.25) is 0 Å². The lowest BCUT2D eigenvalue weighted by atomic mass is 10.1. The maximum Gasteiger partial charge on any atom is 0.354 e. The highest BCUT2D eigenvalue weighted by molar-refractivity contribution is 7.71. The van der Waals surface area contributed by atoms with Gasteiger partial charge in [-0.3, -0.25) is 0 Å². The molecule has 0 aliphatic carbocycles. The van der Waals surface area contributed by atoms with E-state index < -0.39 is 5.97 Å². The van der Waals surface area contributed by atoms with Gasteiger partial charge in [-0.25, -0.2) is 4.79 Å². The second kappa shape index (κ2) is 4.85. The van der Waals surface area contributed by atoms with E-state index in [2.05, 4.69) is 4.98 Å². The maximum absolute atomic E-state index is 11.0. The number of benzene rings is 1. The van der Waals surface area contributed by atoms with Crippen LogP contribution in [0, 0.1) is 16.1 Å². The number of hydrogen-bond donors (Lipinski definition) is 2. The summed E-state index contributed by atoms with van der Waals surface area (Å²) in [5.74, 6) is -1.04. The fourth-order valence-electron chi connectivity index (χ4n) is 1.65. The Morgan fingerprint density at radius 1 is 1.56 bits per heavy atom. The third-order valence-corrected chi connectivity index (χ3v) is 2.82. The van der Waals surface area contributed by atoms with Crippen LogP contribution in [0.5, 0.6) is 0 Å². The van der Waals surface area contributed by atoms with Crippen LogP contribution in [0.3, 0.4) is 0 Å². The summed E-state index contributed by atoms with van der Waals surface area (Å²) in [5, 5.41) is 17.8. The van der Waals surface area contributed by atoms with Crippen LogP contribution in [0.25, 0.3) is 0 Å². The Bertz CT molecular complexity index is 694. The van der Waals surface area contributed by atoms with E-state index in [1.54, 1.807) is 18.2 Å². The number of H-pyrrole nitrogens is 1. The Kier molecular flexibility index (Phi) is 3.26. The molecule has 0 atom stereocenters. The fraction of sp³-hybridized carbons (Fsp3) is 0.0833. The minimum absolute atomic E-state index is 0.0994. The lowest BCUT2D eigenvalue weighted by Gasteiger charge is -2.05. The normalized spacial score (nSPS) is 9.94. The smallest absolute Gasteiger partial charge is 0.354 e. The number of nitrogens with one attached hydrogen (secondary N) is 1. The zero-order valence-electron chi connectivity index (χ0n) is 9.25. The highest BCUT2D eigenvalue weighted by atomic mass is 32.1. The summed E-state index contributed by atoms with van der Waals surface area (Å²) in [7, 11) is 0. The van der Waals surface area contributed by atoms with Crippen LogP contribution < -0.4 is 0 Å². The number of carboxylic acid groups (broad SMARTS) is 1. The van der Waals surface area contributed by atoms with Crippen LogP contribution >= 0.6 is 12.2 Å². The number of carbonyl (C=O) groups is 1. The molecule has 1 aromatic heterocycles. The van der Waals surface area contributed by atoms with Crippen LogP contribution in [-0.4, -0.2) is 20.6 Å². The molecule has 6 heteroatoms. The Morgan fingerprint density at radius 2 is 2.33 bits per heavy atom. The summed E-state index contributed by atoms with van der Waals surface area (Å²) in [6.45, 7) is 0.319. The third kappa shape index (κ3) is 2.31. The first kappa shape index (κ1) is 12.1. The van der Waals surface area contributed by atoms with Crippen LogP contribution in [0.1, 0.15) is 21.6 Å². The van der Waals surface area contributed by atoms with E-state index in [1.807, 2.05) is 12.1 Å². The lowest BCUT2D eigenvalue weighted by molar-refractivity contribution is 0.0685.